The van der Waals surface area contributed by atoms with Crippen LogP contribution in [0.4, 0.5) is 0 Å². The highest BCUT2D eigenvalue weighted by Crippen LogP contribution is 1.91. The highest BCUT2D eigenvalue weighted by Gasteiger charge is 1.88. The highest BCUT2D eigenvalue weighted by atomic mass is 127. The Labute approximate surface area is 86.6 Å². The van der Waals surface area contributed by atoms with Gasteiger partial charge in [-0.05, 0) is 13.0 Å². The number of aryl methyl sites for hydroxylation is 1. The maximum atomic E-state index is 4.17. The molecule has 0 spiro atoms. The predicted octanol–water partition coefficient (Wildman–Crippen LogP) is 1.64. The second kappa shape index (κ2) is 3.65. The maximum absolute atomic E-state index is 4.17. The Bertz CT molecular complexity index is 291. The minimum atomic E-state index is 0.737. The van der Waals surface area contributed by atoms with E-state index in [0.29, 0.717) is 0 Å². The lowest BCUT2D eigenvalue weighted by Crippen LogP contribution is -2.16. The van der Waals surface area contributed by atoms with Crippen molar-refractivity contribution in [3.63, 3.8) is 0 Å². The van der Waals surface area contributed by atoms with Crippen LogP contribution in [0.5, 0.6) is 0 Å². The van der Waals surface area contributed by atoms with E-state index in [4.69, 9.17) is 0 Å². The molecule has 0 fully saturated rings. The van der Waals surface area contributed by atoms with E-state index in [1.807, 2.05) is 44.8 Å². The molecule has 0 saturated heterocycles. The van der Waals surface area contributed by atoms with Crippen LogP contribution in [-0.4, -0.2) is 7.76 Å². The Morgan fingerprint density at radius 2 is 2.40 bits per heavy atom. The number of hydrogen-bond donors (Lipinski definition) is 0. The van der Waals surface area contributed by atoms with Crippen LogP contribution < -0.4 is 5.62 Å². The van der Waals surface area contributed by atoms with E-state index in [2.05, 4.69) is 31.1 Å². The third-order valence-corrected chi connectivity index (χ3v) is 2.17. The number of rotatable bonds is 0. The lowest BCUT2D eigenvalue weighted by molar-refractivity contribution is 0.981. The van der Waals surface area contributed by atoms with Gasteiger partial charge in [-0.1, -0.05) is 0 Å². The predicted molar refractivity (Wildman–Crippen MR) is 56.0 cm³/mol. The summed E-state index contributed by atoms with van der Waals surface area (Å²) in [5.41, 5.74) is 1.73. The minimum Gasteiger partial charge on any atom is -0.258 e. The van der Waals surface area contributed by atoms with Crippen LogP contribution in [0.1, 0.15) is 5.69 Å². The average Bonchev–Trinajstić information content (AvgIpc) is 1.94. The molecule has 0 radical (unpaired) electrons. The SMILES string of the molecule is Cc1ccn(I)c(=NI)n1. The molecule has 5 heteroatoms. The van der Waals surface area contributed by atoms with E-state index in [0.717, 1.165) is 11.3 Å². The molecule has 1 aromatic rings. The molecule has 0 aliphatic heterocycles. The number of hydrogen-bond acceptors (Lipinski definition) is 2. The van der Waals surface area contributed by atoms with E-state index in [1.54, 1.807) is 0 Å². The van der Waals surface area contributed by atoms with Gasteiger partial charge in [-0.2, -0.15) is 3.21 Å². The second-order valence-electron chi connectivity index (χ2n) is 1.76. The van der Waals surface area contributed by atoms with Gasteiger partial charge in [-0.15, -0.1) is 0 Å². The van der Waals surface area contributed by atoms with Gasteiger partial charge < -0.3 is 0 Å². The van der Waals surface area contributed by atoms with Crippen LogP contribution >= 0.6 is 45.7 Å². The van der Waals surface area contributed by atoms with Gasteiger partial charge in [-0.3, -0.25) is 2.78 Å². The topological polar surface area (TPSA) is 30.2 Å². The molecule has 3 nitrogen and oxygen atoms in total. The van der Waals surface area contributed by atoms with Gasteiger partial charge in [0.15, 0.2) is 0 Å². The van der Waals surface area contributed by atoms with Crippen molar-refractivity contribution in [3.05, 3.63) is 23.6 Å². The normalized spacial score (nSPS) is 12.1. The first-order valence-corrected chi connectivity index (χ1v) is 4.54. The largest absolute Gasteiger partial charge is 0.258 e. The van der Waals surface area contributed by atoms with Crippen molar-refractivity contribution in [1.29, 1.82) is 0 Å². The van der Waals surface area contributed by atoms with Crippen molar-refractivity contribution in [2.45, 2.75) is 6.92 Å². The average molecular weight is 361 g/mol. The fourth-order valence-corrected chi connectivity index (χ4v) is 1.67. The van der Waals surface area contributed by atoms with E-state index >= 15 is 0 Å². The summed E-state index contributed by atoms with van der Waals surface area (Å²) in [5, 5.41) is 0. The molecule has 0 aliphatic rings. The summed E-state index contributed by atoms with van der Waals surface area (Å²) >= 11 is 4.07. The zero-order valence-electron chi connectivity index (χ0n) is 5.25. The van der Waals surface area contributed by atoms with E-state index in [1.165, 1.54) is 0 Å². The van der Waals surface area contributed by atoms with Gasteiger partial charge in [0, 0.05) is 11.9 Å². The molecule has 1 heterocycles. The Hall–Kier alpha value is 0.340. The number of halogens is 2. The quantitative estimate of drug-likeness (QED) is 0.647. The van der Waals surface area contributed by atoms with Crippen molar-refractivity contribution < 1.29 is 0 Å². The fourth-order valence-electron chi connectivity index (χ4n) is 0.538. The van der Waals surface area contributed by atoms with Crippen molar-refractivity contribution in [3.8, 4) is 0 Å². The second-order valence-corrected chi connectivity index (χ2v) is 3.29. The molecule has 0 unspecified atom stereocenters. The molecule has 54 valence electrons. The molecule has 0 bridgehead atoms. The van der Waals surface area contributed by atoms with Gasteiger partial charge in [0.25, 0.3) is 0 Å². The monoisotopic (exact) mass is 361 g/mol. The highest BCUT2D eigenvalue weighted by molar-refractivity contribution is 14.1. The van der Waals surface area contributed by atoms with Crippen LogP contribution in [-0.2, 0) is 0 Å². The maximum Gasteiger partial charge on any atom is 0.244 e. The Morgan fingerprint density at radius 1 is 1.70 bits per heavy atom. The molecule has 0 aliphatic carbocycles. The molecule has 0 saturated carbocycles. The Kier molecular flexibility index (Phi) is 3.08. The van der Waals surface area contributed by atoms with Crippen LogP contribution in [0, 0.1) is 6.92 Å². The zero-order valence-corrected chi connectivity index (χ0v) is 9.57. The molecule has 0 atom stereocenters. The Morgan fingerprint density at radius 3 is 2.90 bits per heavy atom. The Balaban J connectivity index is 3.37. The molecule has 0 N–H and O–H groups in total. The van der Waals surface area contributed by atoms with Crippen LogP contribution in [0.3, 0.4) is 0 Å². The summed E-state index contributed by atoms with van der Waals surface area (Å²) in [6.45, 7) is 1.95. The fraction of sp³-hybridized carbons (Fsp3) is 0.200. The molecule has 1 rings (SSSR count). The molecular weight excluding hydrogens is 356 g/mol. The first kappa shape index (κ1) is 8.44. The van der Waals surface area contributed by atoms with Crippen molar-refractivity contribution in [2.24, 2.45) is 3.21 Å². The van der Waals surface area contributed by atoms with Gasteiger partial charge in [-0.25, -0.2) is 4.98 Å². The lowest BCUT2D eigenvalue weighted by atomic mass is 10.5. The van der Waals surface area contributed by atoms with Gasteiger partial charge in [0.1, 0.15) is 0 Å². The van der Waals surface area contributed by atoms with Crippen LogP contribution in [0.25, 0.3) is 0 Å². The first-order valence-electron chi connectivity index (χ1n) is 2.61. The number of aromatic nitrogens is 2. The summed E-state index contributed by atoms with van der Waals surface area (Å²) in [7, 11) is 0. The smallest absolute Gasteiger partial charge is 0.244 e. The molecule has 1 aromatic heterocycles. The van der Waals surface area contributed by atoms with Gasteiger partial charge in [0.2, 0.25) is 5.62 Å². The number of nitrogens with zero attached hydrogens (tertiary/aromatic N) is 3. The van der Waals surface area contributed by atoms with E-state index in [9.17, 15) is 0 Å². The summed E-state index contributed by atoms with van der Waals surface area (Å²) in [5.74, 6) is 0. The summed E-state index contributed by atoms with van der Waals surface area (Å²) in [4.78, 5) is 4.17. The molecule has 0 amide bonds. The van der Waals surface area contributed by atoms with Gasteiger partial charge in [0.05, 0.1) is 45.7 Å². The van der Waals surface area contributed by atoms with Crippen molar-refractivity contribution in [2.75, 3.05) is 0 Å². The molecule has 10 heavy (non-hydrogen) atoms. The van der Waals surface area contributed by atoms with E-state index in [-0.39, 0.29) is 0 Å². The third kappa shape index (κ3) is 1.91. The summed E-state index contributed by atoms with van der Waals surface area (Å²) in [6, 6.07) is 1.94. The van der Waals surface area contributed by atoms with Gasteiger partial charge >= 0.3 is 0 Å². The zero-order chi connectivity index (χ0) is 7.56. The summed E-state index contributed by atoms with van der Waals surface area (Å²) < 4.78 is 5.79. The lowest BCUT2D eigenvalue weighted by Gasteiger charge is -1.94. The van der Waals surface area contributed by atoms with Crippen LogP contribution in [0.2, 0.25) is 0 Å². The summed E-state index contributed by atoms with van der Waals surface area (Å²) in [6.07, 6.45) is 1.93. The molecule has 0 aromatic carbocycles. The van der Waals surface area contributed by atoms with Crippen LogP contribution in [0.15, 0.2) is 15.5 Å². The third-order valence-electron chi connectivity index (χ3n) is 0.990. The molecular formula is C5H5I2N3. The standard InChI is InChI=1S/C5H5I2N3/c1-4-2-3-10(7)5(8-4)9-6/h2-3H,1H3. The van der Waals surface area contributed by atoms with Crippen molar-refractivity contribution in [1.82, 2.24) is 7.76 Å². The minimum absolute atomic E-state index is 0.737. The van der Waals surface area contributed by atoms with Crippen molar-refractivity contribution >= 4 is 45.7 Å². The first-order chi connectivity index (χ1) is 4.74. The van der Waals surface area contributed by atoms with E-state index < -0.39 is 0 Å².